The summed E-state index contributed by atoms with van der Waals surface area (Å²) in [5.74, 6) is 0.698. The van der Waals surface area contributed by atoms with Crippen LogP contribution in [-0.4, -0.2) is 36.7 Å². The van der Waals surface area contributed by atoms with Crippen LogP contribution in [-0.2, 0) is 13.5 Å². The number of nitrogens with one attached hydrogen (secondary N) is 1. The number of tetrazole rings is 1. The lowest BCUT2D eigenvalue weighted by Crippen LogP contribution is -2.24. The quantitative estimate of drug-likeness (QED) is 0.776. The van der Waals surface area contributed by atoms with E-state index in [4.69, 9.17) is 0 Å². The Bertz CT molecular complexity index is 453. The van der Waals surface area contributed by atoms with E-state index in [0.29, 0.717) is 12.2 Å². The first-order valence-corrected chi connectivity index (χ1v) is 5.51. The van der Waals surface area contributed by atoms with Gasteiger partial charge in [0.05, 0.1) is 18.8 Å². The van der Waals surface area contributed by atoms with Gasteiger partial charge in [0.1, 0.15) is 0 Å². The molecule has 0 amide bonds. The second-order valence-electron chi connectivity index (χ2n) is 3.64. The summed E-state index contributed by atoms with van der Waals surface area (Å²) in [6.07, 6.45) is 5.75. The summed E-state index contributed by atoms with van der Waals surface area (Å²) in [6.45, 7) is 2.90. The Kier molecular flexibility index (Phi) is 3.71. The van der Waals surface area contributed by atoms with E-state index in [9.17, 15) is 0 Å². The first-order chi connectivity index (χ1) is 8.29. The molecule has 90 valence electrons. The highest BCUT2D eigenvalue weighted by atomic mass is 15.6. The van der Waals surface area contributed by atoms with Crippen LogP contribution in [0.4, 0.5) is 0 Å². The molecule has 0 bridgehead atoms. The van der Waals surface area contributed by atoms with E-state index in [2.05, 4.69) is 30.7 Å². The first-order valence-electron chi connectivity index (χ1n) is 5.51. The van der Waals surface area contributed by atoms with Gasteiger partial charge in [0, 0.05) is 25.0 Å². The van der Waals surface area contributed by atoms with E-state index in [1.54, 1.807) is 25.6 Å². The number of rotatable bonds is 5. The highest BCUT2D eigenvalue weighted by molar-refractivity contribution is 5.05. The number of hydrogen-bond acceptors (Lipinski definition) is 6. The van der Waals surface area contributed by atoms with Crippen molar-refractivity contribution in [3.05, 3.63) is 30.1 Å². The van der Waals surface area contributed by atoms with E-state index in [0.717, 1.165) is 12.2 Å². The van der Waals surface area contributed by atoms with Crippen molar-refractivity contribution < 1.29 is 0 Å². The number of aromatic nitrogens is 6. The number of aryl methyl sites for hydroxylation is 1. The van der Waals surface area contributed by atoms with Crippen LogP contribution in [0.1, 0.15) is 24.5 Å². The van der Waals surface area contributed by atoms with E-state index in [1.165, 1.54) is 4.80 Å². The molecule has 0 saturated carbocycles. The smallest absolute Gasteiger partial charge is 0.176 e. The second kappa shape index (κ2) is 5.44. The number of likely N-dealkylation sites (N-methyl/N-ethyl adjacent to an activating group) is 1. The molecule has 1 unspecified atom stereocenters. The molecule has 1 N–H and O–H groups in total. The highest BCUT2D eigenvalue weighted by Gasteiger charge is 2.15. The second-order valence-corrected chi connectivity index (χ2v) is 3.64. The van der Waals surface area contributed by atoms with Gasteiger partial charge in [0.25, 0.3) is 0 Å². The van der Waals surface area contributed by atoms with Gasteiger partial charge in [-0.15, -0.1) is 10.2 Å². The van der Waals surface area contributed by atoms with Crippen molar-refractivity contribution in [3.63, 3.8) is 0 Å². The molecule has 0 fully saturated rings. The molecular weight excluding hydrogens is 218 g/mol. The van der Waals surface area contributed by atoms with Gasteiger partial charge in [-0.2, -0.15) is 4.80 Å². The molecule has 7 heteroatoms. The Hall–Kier alpha value is -1.89. The standard InChI is InChI=1S/C10H15N7/c1-3-12-8(9-7-11-4-5-13-9)6-10-14-16-17(2)15-10/h4-5,7-8,12H,3,6H2,1-2H3. The van der Waals surface area contributed by atoms with Crippen LogP contribution < -0.4 is 5.32 Å². The van der Waals surface area contributed by atoms with E-state index < -0.39 is 0 Å². The molecule has 2 aromatic rings. The van der Waals surface area contributed by atoms with Gasteiger partial charge in [-0.25, -0.2) is 0 Å². The Morgan fingerprint density at radius 2 is 2.29 bits per heavy atom. The molecular formula is C10H15N7. The molecule has 0 aliphatic rings. The van der Waals surface area contributed by atoms with Gasteiger partial charge in [0.2, 0.25) is 0 Å². The van der Waals surface area contributed by atoms with Crippen molar-refractivity contribution in [1.82, 2.24) is 35.5 Å². The van der Waals surface area contributed by atoms with Crippen molar-refractivity contribution in [2.75, 3.05) is 6.54 Å². The van der Waals surface area contributed by atoms with Crippen LogP contribution in [0.3, 0.4) is 0 Å². The summed E-state index contributed by atoms with van der Waals surface area (Å²) < 4.78 is 0. The Balaban J connectivity index is 2.13. The lowest BCUT2D eigenvalue weighted by atomic mass is 10.1. The largest absolute Gasteiger partial charge is 0.308 e. The molecule has 17 heavy (non-hydrogen) atoms. The Morgan fingerprint density at radius 1 is 1.41 bits per heavy atom. The van der Waals surface area contributed by atoms with Gasteiger partial charge >= 0.3 is 0 Å². The molecule has 1 atom stereocenters. The third-order valence-corrected chi connectivity index (χ3v) is 2.33. The molecule has 2 rings (SSSR count). The minimum Gasteiger partial charge on any atom is -0.308 e. The summed E-state index contributed by atoms with van der Waals surface area (Å²) in [7, 11) is 1.75. The minimum absolute atomic E-state index is 0.0675. The maximum Gasteiger partial charge on any atom is 0.176 e. The van der Waals surface area contributed by atoms with Gasteiger partial charge < -0.3 is 5.32 Å². The topological polar surface area (TPSA) is 81.4 Å². The molecule has 0 radical (unpaired) electrons. The number of hydrogen-bond donors (Lipinski definition) is 1. The lowest BCUT2D eigenvalue weighted by Gasteiger charge is -2.14. The maximum atomic E-state index is 4.29. The summed E-state index contributed by atoms with van der Waals surface area (Å²) in [5.41, 5.74) is 0.891. The Labute approximate surface area is 99.3 Å². The molecule has 0 aliphatic heterocycles. The minimum atomic E-state index is 0.0675. The fraction of sp³-hybridized carbons (Fsp3) is 0.500. The molecule has 2 aromatic heterocycles. The molecule has 0 saturated heterocycles. The molecule has 7 nitrogen and oxygen atoms in total. The summed E-state index contributed by atoms with van der Waals surface area (Å²) in [4.78, 5) is 9.82. The summed E-state index contributed by atoms with van der Waals surface area (Å²) >= 11 is 0. The SMILES string of the molecule is CCNC(Cc1nnn(C)n1)c1cnccn1. The van der Waals surface area contributed by atoms with E-state index in [1.807, 2.05) is 6.92 Å². The average Bonchev–Trinajstić information content (AvgIpc) is 2.75. The van der Waals surface area contributed by atoms with Crippen molar-refractivity contribution in [3.8, 4) is 0 Å². The highest BCUT2D eigenvalue weighted by Crippen LogP contribution is 2.12. The zero-order chi connectivity index (χ0) is 12.1. The first kappa shape index (κ1) is 11.6. The van der Waals surface area contributed by atoms with E-state index in [-0.39, 0.29) is 6.04 Å². The van der Waals surface area contributed by atoms with Gasteiger partial charge in [-0.3, -0.25) is 9.97 Å². The predicted octanol–water partition coefficient (Wildman–Crippen LogP) is -0.107. The average molecular weight is 233 g/mol. The third kappa shape index (κ3) is 3.04. The fourth-order valence-corrected chi connectivity index (χ4v) is 1.61. The molecule has 0 aromatic carbocycles. The third-order valence-electron chi connectivity index (χ3n) is 2.33. The normalized spacial score (nSPS) is 12.6. The monoisotopic (exact) mass is 233 g/mol. The van der Waals surface area contributed by atoms with Crippen LogP contribution >= 0.6 is 0 Å². The Morgan fingerprint density at radius 3 is 2.88 bits per heavy atom. The van der Waals surface area contributed by atoms with Crippen molar-refractivity contribution in [2.45, 2.75) is 19.4 Å². The predicted molar refractivity (Wildman–Crippen MR) is 61.0 cm³/mol. The van der Waals surface area contributed by atoms with Gasteiger partial charge in [-0.05, 0) is 11.8 Å². The van der Waals surface area contributed by atoms with Crippen molar-refractivity contribution in [1.29, 1.82) is 0 Å². The molecule has 0 spiro atoms. The van der Waals surface area contributed by atoms with Crippen LogP contribution in [0.2, 0.25) is 0 Å². The summed E-state index contributed by atoms with van der Waals surface area (Å²) in [5, 5.41) is 15.3. The van der Waals surface area contributed by atoms with Crippen LogP contribution in [0.5, 0.6) is 0 Å². The van der Waals surface area contributed by atoms with Crippen molar-refractivity contribution >= 4 is 0 Å². The van der Waals surface area contributed by atoms with Crippen LogP contribution in [0.15, 0.2) is 18.6 Å². The van der Waals surface area contributed by atoms with Crippen LogP contribution in [0, 0.1) is 0 Å². The van der Waals surface area contributed by atoms with E-state index >= 15 is 0 Å². The lowest BCUT2D eigenvalue weighted by molar-refractivity contribution is 0.521. The van der Waals surface area contributed by atoms with Gasteiger partial charge in [-0.1, -0.05) is 6.92 Å². The van der Waals surface area contributed by atoms with Gasteiger partial charge in [0.15, 0.2) is 5.82 Å². The number of nitrogens with zero attached hydrogens (tertiary/aromatic N) is 6. The maximum absolute atomic E-state index is 4.29. The van der Waals surface area contributed by atoms with Crippen molar-refractivity contribution in [2.24, 2.45) is 7.05 Å². The molecule has 2 heterocycles. The molecule has 0 aliphatic carbocycles. The van der Waals surface area contributed by atoms with Crippen LogP contribution in [0.25, 0.3) is 0 Å². The fourth-order valence-electron chi connectivity index (χ4n) is 1.61. The summed E-state index contributed by atoms with van der Waals surface area (Å²) in [6, 6.07) is 0.0675. The zero-order valence-electron chi connectivity index (χ0n) is 9.91. The zero-order valence-corrected chi connectivity index (χ0v) is 9.91.